The predicted molar refractivity (Wildman–Crippen MR) is 74.0 cm³/mol. The highest BCUT2D eigenvalue weighted by atomic mass is 35.7. The van der Waals surface area contributed by atoms with E-state index in [1.54, 1.807) is 17.9 Å². The Balaban J connectivity index is 2.40. The number of likely N-dealkylation sites (tertiary alicyclic amines) is 1. The molecule has 1 aliphatic rings. The van der Waals surface area contributed by atoms with Gasteiger partial charge in [-0.2, -0.15) is 0 Å². The molecule has 0 aliphatic carbocycles. The lowest BCUT2D eigenvalue weighted by molar-refractivity contribution is 0.0747. The van der Waals surface area contributed by atoms with E-state index in [9.17, 15) is 13.2 Å². The number of rotatable bonds is 2. The van der Waals surface area contributed by atoms with E-state index in [2.05, 4.69) is 0 Å². The largest absolute Gasteiger partial charge is 0.336 e. The number of hydrogen-bond acceptors (Lipinski definition) is 3. The van der Waals surface area contributed by atoms with Gasteiger partial charge in [-0.15, -0.1) is 0 Å². The summed E-state index contributed by atoms with van der Waals surface area (Å²) in [6.07, 6.45) is 1.97. The molecule has 0 spiro atoms. The number of aryl methyl sites for hydroxylation is 1. The summed E-state index contributed by atoms with van der Waals surface area (Å²) in [5, 5.41) is 0. The van der Waals surface area contributed by atoms with E-state index in [1.807, 2.05) is 6.92 Å². The van der Waals surface area contributed by atoms with Crippen LogP contribution in [0.1, 0.15) is 35.7 Å². The van der Waals surface area contributed by atoms with E-state index in [1.165, 1.54) is 12.1 Å². The van der Waals surface area contributed by atoms with Crippen LogP contribution in [0.15, 0.2) is 23.1 Å². The quantitative estimate of drug-likeness (QED) is 0.789. The second-order valence-electron chi connectivity index (χ2n) is 4.96. The Morgan fingerprint density at radius 1 is 1.37 bits per heavy atom. The second kappa shape index (κ2) is 5.13. The maximum absolute atomic E-state index is 12.4. The first kappa shape index (κ1) is 14.3. The molecule has 19 heavy (non-hydrogen) atoms. The van der Waals surface area contributed by atoms with E-state index >= 15 is 0 Å². The van der Waals surface area contributed by atoms with Crippen molar-refractivity contribution in [1.29, 1.82) is 0 Å². The van der Waals surface area contributed by atoms with Crippen LogP contribution in [-0.2, 0) is 9.05 Å². The van der Waals surface area contributed by atoms with Gasteiger partial charge >= 0.3 is 0 Å². The zero-order valence-corrected chi connectivity index (χ0v) is 12.5. The first-order valence-corrected chi connectivity index (χ1v) is 8.47. The van der Waals surface area contributed by atoms with E-state index in [-0.39, 0.29) is 16.8 Å². The molecule has 4 nitrogen and oxygen atoms in total. The van der Waals surface area contributed by atoms with Gasteiger partial charge in [0.2, 0.25) is 0 Å². The van der Waals surface area contributed by atoms with Gasteiger partial charge in [0.05, 0.1) is 4.90 Å². The average molecular weight is 302 g/mol. The molecule has 1 aromatic rings. The molecule has 104 valence electrons. The molecule has 1 aliphatic heterocycles. The third kappa shape index (κ3) is 3.09. The minimum Gasteiger partial charge on any atom is -0.336 e. The monoisotopic (exact) mass is 301 g/mol. The summed E-state index contributed by atoms with van der Waals surface area (Å²) in [7, 11) is 1.53. The molecule has 1 amide bonds. The van der Waals surface area contributed by atoms with Gasteiger partial charge in [-0.05, 0) is 50.5 Å². The Kier molecular flexibility index (Phi) is 3.87. The number of halogens is 1. The van der Waals surface area contributed by atoms with Crippen LogP contribution in [0.5, 0.6) is 0 Å². The SMILES string of the molecule is Cc1cc(C(=O)N2CCCC2C)cc(S(=O)(=O)Cl)c1. The fraction of sp³-hybridized carbons (Fsp3) is 0.462. The van der Waals surface area contributed by atoms with Gasteiger partial charge in [0.15, 0.2) is 0 Å². The molecule has 1 saturated heterocycles. The number of nitrogens with zero attached hydrogens (tertiary/aromatic N) is 1. The van der Waals surface area contributed by atoms with Crippen LogP contribution in [0.25, 0.3) is 0 Å². The summed E-state index contributed by atoms with van der Waals surface area (Å²) < 4.78 is 22.8. The molecule has 0 bridgehead atoms. The summed E-state index contributed by atoms with van der Waals surface area (Å²) in [6.45, 7) is 4.46. The lowest BCUT2D eigenvalue weighted by Gasteiger charge is -2.21. The van der Waals surface area contributed by atoms with E-state index in [4.69, 9.17) is 10.7 Å². The molecule has 1 unspecified atom stereocenters. The van der Waals surface area contributed by atoms with Crippen molar-refractivity contribution in [3.63, 3.8) is 0 Å². The Labute approximate surface area is 117 Å². The molecule has 1 fully saturated rings. The van der Waals surface area contributed by atoms with Crippen molar-refractivity contribution >= 4 is 25.6 Å². The highest BCUT2D eigenvalue weighted by Gasteiger charge is 2.26. The van der Waals surface area contributed by atoms with Crippen molar-refractivity contribution in [3.8, 4) is 0 Å². The maximum atomic E-state index is 12.4. The molecular formula is C13H16ClNO3S. The third-order valence-electron chi connectivity index (χ3n) is 3.39. The van der Waals surface area contributed by atoms with Gasteiger partial charge < -0.3 is 4.90 Å². The van der Waals surface area contributed by atoms with Crippen LogP contribution in [0.2, 0.25) is 0 Å². The summed E-state index contributed by atoms with van der Waals surface area (Å²) in [6, 6.07) is 4.71. The zero-order valence-electron chi connectivity index (χ0n) is 10.9. The smallest absolute Gasteiger partial charge is 0.261 e. The first-order chi connectivity index (χ1) is 8.79. The van der Waals surface area contributed by atoms with Crippen LogP contribution in [-0.4, -0.2) is 31.8 Å². The third-order valence-corrected chi connectivity index (χ3v) is 4.73. The van der Waals surface area contributed by atoms with Crippen LogP contribution in [0.4, 0.5) is 0 Å². The zero-order chi connectivity index (χ0) is 14.2. The van der Waals surface area contributed by atoms with Crippen molar-refractivity contribution in [2.24, 2.45) is 0 Å². The van der Waals surface area contributed by atoms with Crippen LogP contribution in [0.3, 0.4) is 0 Å². The van der Waals surface area contributed by atoms with Gasteiger partial charge in [-0.1, -0.05) is 0 Å². The normalized spacial score (nSPS) is 19.7. The van der Waals surface area contributed by atoms with Gasteiger partial charge in [0.25, 0.3) is 15.0 Å². The van der Waals surface area contributed by atoms with E-state index < -0.39 is 9.05 Å². The van der Waals surface area contributed by atoms with E-state index in [0.29, 0.717) is 11.1 Å². The minimum atomic E-state index is -3.82. The van der Waals surface area contributed by atoms with Crippen molar-refractivity contribution in [2.45, 2.75) is 37.6 Å². The standard InChI is InChI=1S/C13H16ClNO3S/c1-9-6-11(8-12(7-9)19(14,17)18)13(16)15-5-3-4-10(15)2/h6-8,10H,3-5H2,1-2H3. The first-order valence-electron chi connectivity index (χ1n) is 6.16. The highest BCUT2D eigenvalue weighted by Crippen LogP contribution is 2.23. The molecule has 0 aromatic heterocycles. The van der Waals surface area contributed by atoms with Gasteiger partial charge in [0, 0.05) is 28.8 Å². The number of carbonyl (C=O) groups excluding carboxylic acids is 1. The Hall–Kier alpha value is -1.07. The molecule has 6 heteroatoms. The van der Waals surface area contributed by atoms with Crippen molar-refractivity contribution in [1.82, 2.24) is 4.90 Å². The van der Waals surface area contributed by atoms with E-state index in [0.717, 1.165) is 19.4 Å². The van der Waals surface area contributed by atoms with Crippen molar-refractivity contribution in [3.05, 3.63) is 29.3 Å². The summed E-state index contributed by atoms with van der Waals surface area (Å²) in [5.41, 5.74) is 1.09. The molecule has 1 atom stereocenters. The molecule has 1 aromatic carbocycles. The predicted octanol–water partition coefficient (Wildman–Crippen LogP) is 2.55. The van der Waals surface area contributed by atoms with Crippen molar-refractivity contribution < 1.29 is 13.2 Å². The Bertz CT molecular complexity index is 612. The molecule has 0 radical (unpaired) electrons. The van der Waals surface area contributed by atoms with Crippen LogP contribution >= 0.6 is 10.7 Å². The minimum absolute atomic E-state index is 0.0237. The summed E-state index contributed by atoms with van der Waals surface area (Å²) >= 11 is 0. The molecule has 0 saturated carbocycles. The lowest BCUT2D eigenvalue weighted by atomic mass is 10.1. The highest BCUT2D eigenvalue weighted by molar-refractivity contribution is 8.13. The number of amides is 1. The molecule has 2 rings (SSSR count). The topological polar surface area (TPSA) is 54.5 Å². The average Bonchev–Trinajstić information content (AvgIpc) is 2.72. The van der Waals surface area contributed by atoms with Gasteiger partial charge in [-0.25, -0.2) is 8.42 Å². The molecular weight excluding hydrogens is 286 g/mol. The molecule has 1 heterocycles. The maximum Gasteiger partial charge on any atom is 0.261 e. The summed E-state index contributed by atoms with van der Waals surface area (Å²) in [5.74, 6) is -0.129. The van der Waals surface area contributed by atoms with Crippen LogP contribution in [0, 0.1) is 6.92 Å². The fourth-order valence-electron chi connectivity index (χ4n) is 2.41. The molecule has 0 N–H and O–H groups in total. The number of hydrogen-bond donors (Lipinski definition) is 0. The van der Waals surface area contributed by atoms with Crippen LogP contribution < -0.4 is 0 Å². The Morgan fingerprint density at radius 3 is 2.58 bits per heavy atom. The Morgan fingerprint density at radius 2 is 2.05 bits per heavy atom. The van der Waals surface area contributed by atoms with Gasteiger partial charge in [0.1, 0.15) is 0 Å². The van der Waals surface area contributed by atoms with Gasteiger partial charge in [-0.3, -0.25) is 4.79 Å². The fourth-order valence-corrected chi connectivity index (χ4v) is 3.27. The number of benzene rings is 1. The number of carbonyl (C=O) groups is 1. The second-order valence-corrected chi connectivity index (χ2v) is 7.53. The lowest BCUT2D eigenvalue weighted by Crippen LogP contribution is -2.33. The summed E-state index contributed by atoms with van der Waals surface area (Å²) in [4.78, 5) is 14.1. The van der Waals surface area contributed by atoms with Crippen molar-refractivity contribution in [2.75, 3.05) is 6.54 Å².